The van der Waals surface area contributed by atoms with Gasteiger partial charge in [0.2, 0.25) is 17.7 Å². The molecule has 0 aromatic carbocycles. The molecular weight excluding hydrogens is 524 g/mol. The fraction of sp³-hybridized carbons (Fsp3) is 0.565. The number of thiophene rings is 1. The van der Waals surface area contributed by atoms with Crippen LogP contribution >= 0.6 is 23.1 Å². The van der Waals surface area contributed by atoms with Crippen LogP contribution in [-0.2, 0) is 24.0 Å². The fourth-order valence-electron chi connectivity index (χ4n) is 4.64. The summed E-state index contributed by atoms with van der Waals surface area (Å²) in [4.78, 5) is 76.0. The number of likely N-dealkylation sites (tertiary alicyclic amines) is 2. The second-order valence-electron chi connectivity index (χ2n) is 8.97. The van der Waals surface area contributed by atoms with Crippen LogP contribution in [0, 0.1) is 0 Å². The molecule has 2 aliphatic rings. The first-order chi connectivity index (χ1) is 17.6. The third-order valence-electron chi connectivity index (χ3n) is 6.31. The van der Waals surface area contributed by atoms with E-state index in [0.717, 1.165) is 0 Å². The van der Waals surface area contributed by atoms with Crippen molar-refractivity contribution >= 4 is 58.7 Å². The number of hydrogen-bond acceptors (Lipinski definition) is 8. The Bertz CT molecular complexity index is 1030. The molecule has 14 heteroatoms. The zero-order chi connectivity index (χ0) is 27.1. The molecule has 2 fully saturated rings. The molecule has 0 aliphatic carbocycles. The summed E-state index contributed by atoms with van der Waals surface area (Å²) in [6.45, 7) is 0.119. The van der Waals surface area contributed by atoms with Gasteiger partial charge in [-0.3, -0.25) is 19.2 Å². The molecule has 2 saturated heterocycles. The van der Waals surface area contributed by atoms with Gasteiger partial charge in [-0.25, -0.2) is 9.59 Å². The minimum Gasteiger partial charge on any atom is -0.480 e. The van der Waals surface area contributed by atoms with Crippen LogP contribution in [0.25, 0.3) is 0 Å². The molecule has 3 rings (SSSR count). The molecule has 12 nitrogen and oxygen atoms in total. The average Bonchev–Trinajstić information content (AvgIpc) is 3.58. The maximum atomic E-state index is 12.8. The summed E-state index contributed by atoms with van der Waals surface area (Å²) < 4.78 is 0. The van der Waals surface area contributed by atoms with Crippen molar-refractivity contribution in [3.05, 3.63) is 22.4 Å². The van der Waals surface area contributed by atoms with Gasteiger partial charge in [-0.1, -0.05) is 6.07 Å². The monoisotopic (exact) mass is 554 g/mol. The summed E-state index contributed by atoms with van der Waals surface area (Å²) in [5.74, 6) is -3.56. The molecule has 4 amide bonds. The summed E-state index contributed by atoms with van der Waals surface area (Å²) in [6.07, 6.45) is 1.87. The van der Waals surface area contributed by atoms with E-state index in [1.165, 1.54) is 32.9 Å². The molecule has 3 heterocycles. The van der Waals surface area contributed by atoms with Crippen molar-refractivity contribution < 1.29 is 39.0 Å². The van der Waals surface area contributed by atoms with Gasteiger partial charge in [0.1, 0.15) is 12.1 Å². The fourth-order valence-corrected chi connectivity index (χ4v) is 5.62. The van der Waals surface area contributed by atoms with Crippen LogP contribution in [0.4, 0.5) is 0 Å². The van der Waals surface area contributed by atoms with Crippen LogP contribution in [-0.4, -0.2) is 105 Å². The number of rotatable bonds is 11. The van der Waals surface area contributed by atoms with E-state index in [-0.39, 0.29) is 62.8 Å². The molecule has 4 unspecified atom stereocenters. The topological polar surface area (TPSA) is 173 Å². The van der Waals surface area contributed by atoms with Crippen molar-refractivity contribution in [2.24, 2.45) is 0 Å². The normalized spacial score (nSPS) is 23.1. The number of carboxylic acid groups (broad SMARTS) is 2. The number of aliphatic carboxylic acids is 2. The SMILES string of the molecule is CSCC(=O)NC1CC(C(=O)O)N(C(=O)CCCC(=O)N2CC(NC(=O)c3cccs3)CC2C(=O)O)C1. The van der Waals surface area contributed by atoms with Gasteiger partial charge in [-0.2, -0.15) is 11.8 Å². The number of nitrogens with zero attached hydrogens (tertiary/aromatic N) is 2. The Labute approximate surface area is 221 Å². The highest BCUT2D eigenvalue weighted by Gasteiger charge is 2.41. The zero-order valence-corrected chi connectivity index (χ0v) is 21.9. The smallest absolute Gasteiger partial charge is 0.326 e. The third kappa shape index (κ3) is 7.44. The van der Waals surface area contributed by atoms with E-state index < -0.39 is 47.9 Å². The molecule has 4 N–H and O–H groups in total. The van der Waals surface area contributed by atoms with E-state index in [1.807, 2.05) is 0 Å². The maximum Gasteiger partial charge on any atom is 0.326 e. The first kappa shape index (κ1) is 28.4. The lowest BCUT2D eigenvalue weighted by atomic mass is 10.1. The molecule has 0 saturated carbocycles. The Hall–Kier alpha value is -3.13. The number of carbonyl (C=O) groups excluding carboxylic acids is 4. The standard InChI is InChI=1S/C23H30N4O8S2/c1-36-12-18(28)24-13-8-15(22(32)33)26(10-13)19(29)5-2-6-20(30)27-11-14(9-16(27)23(34)35)25-21(31)17-4-3-7-37-17/h3-4,7,13-16H,2,5-6,8-12H2,1H3,(H,24,28)(H,25,31)(H,32,33)(H,34,35). The lowest BCUT2D eigenvalue weighted by molar-refractivity contribution is -0.149. The van der Waals surface area contributed by atoms with Gasteiger partial charge in [-0.05, 0) is 24.1 Å². The Morgan fingerprint density at radius 1 is 0.946 bits per heavy atom. The molecule has 4 atom stereocenters. The Balaban J connectivity index is 1.51. The van der Waals surface area contributed by atoms with Gasteiger partial charge in [0.15, 0.2) is 0 Å². The lowest BCUT2D eigenvalue weighted by Gasteiger charge is -2.23. The predicted octanol–water partition coefficient (Wildman–Crippen LogP) is 0.236. The van der Waals surface area contributed by atoms with Gasteiger partial charge in [0, 0.05) is 50.9 Å². The van der Waals surface area contributed by atoms with Gasteiger partial charge in [-0.15, -0.1) is 11.3 Å². The van der Waals surface area contributed by atoms with Crippen molar-refractivity contribution in [2.75, 3.05) is 25.1 Å². The van der Waals surface area contributed by atoms with Crippen LogP contribution < -0.4 is 10.6 Å². The molecule has 37 heavy (non-hydrogen) atoms. The van der Waals surface area contributed by atoms with Crippen molar-refractivity contribution in [3.63, 3.8) is 0 Å². The second-order valence-corrected chi connectivity index (χ2v) is 10.8. The number of amides is 4. The van der Waals surface area contributed by atoms with Crippen LogP contribution in [0.1, 0.15) is 41.8 Å². The minimum absolute atomic E-state index is 0.0471. The molecule has 0 bridgehead atoms. The summed E-state index contributed by atoms with van der Waals surface area (Å²) in [5.41, 5.74) is 0. The lowest BCUT2D eigenvalue weighted by Crippen LogP contribution is -2.42. The zero-order valence-electron chi connectivity index (χ0n) is 20.3. The molecule has 2 aliphatic heterocycles. The molecule has 0 spiro atoms. The first-order valence-corrected chi connectivity index (χ1v) is 14.0. The summed E-state index contributed by atoms with van der Waals surface area (Å²) in [7, 11) is 0. The van der Waals surface area contributed by atoms with Gasteiger partial charge < -0.3 is 30.6 Å². The molecule has 1 aromatic heterocycles. The van der Waals surface area contributed by atoms with Crippen LogP contribution in [0.2, 0.25) is 0 Å². The Kier molecular flexibility index (Phi) is 9.92. The number of hydrogen-bond donors (Lipinski definition) is 4. The quantitative estimate of drug-likeness (QED) is 0.299. The maximum absolute atomic E-state index is 12.8. The van der Waals surface area contributed by atoms with Crippen LogP contribution in [0.3, 0.4) is 0 Å². The molecule has 0 radical (unpaired) electrons. The molecular formula is C23H30N4O8S2. The van der Waals surface area contributed by atoms with Crippen molar-refractivity contribution in [1.29, 1.82) is 0 Å². The predicted molar refractivity (Wildman–Crippen MR) is 135 cm³/mol. The highest BCUT2D eigenvalue weighted by atomic mass is 32.2. The van der Waals surface area contributed by atoms with Crippen molar-refractivity contribution in [3.8, 4) is 0 Å². The van der Waals surface area contributed by atoms with Crippen molar-refractivity contribution in [2.45, 2.75) is 56.3 Å². The molecule has 1 aromatic rings. The second kappa shape index (κ2) is 12.9. The van der Waals surface area contributed by atoms with E-state index in [4.69, 9.17) is 0 Å². The van der Waals surface area contributed by atoms with Crippen molar-refractivity contribution in [1.82, 2.24) is 20.4 Å². The summed E-state index contributed by atoms with van der Waals surface area (Å²) in [6, 6.07) is 0.254. The summed E-state index contributed by atoms with van der Waals surface area (Å²) >= 11 is 2.59. The van der Waals surface area contributed by atoms with E-state index in [1.54, 1.807) is 23.8 Å². The largest absolute Gasteiger partial charge is 0.480 e. The summed E-state index contributed by atoms with van der Waals surface area (Å²) in [5, 5.41) is 26.4. The highest BCUT2D eigenvalue weighted by molar-refractivity contribution is 7.99. The van der Waals surface area contributed by atoms with E-state index in [0.29, 0.717) is 4.88 Å². The third-order valence-corrected chi connectivity index (χ3v) is 7.73. The van der Waals surface area contributed by atoms with E-state index in [9.17, 15) is 39.0 Å². The average molecular weight is 555 g/mol. The van der Waals surface area contributed by atoms with Crippen LogP contribution in [0.15, 0.2) is 17.5 Å². The Morgan fingerprint density at radius 2 is 1.49 bits per heavy atom. The molecule has 202 valence electrons. The van der Waals surface area contributed by atoms with E-state index in [2.05, 4.69) is 10.6 Å². The number of nitrogens with one attached hydrogen (secondary N) is 2. The number of thioether (sulfide) groups is 1. The number of carboxylic acids is 2. The van der Waals surface area contributed by atoms with Crippen LogP contribution in [0.5, 0.6) is 0 Å². The number of carbonyl (C=O) groups is 6. The highest BCUT2D eigenvalue weighted by Crippen LogP contribution is 2.23. The van der Waals surface area contributed by atoms with E-state index >= 15 is 0 Å². The minimum atomic E-state index is -1.17. The first-order valence-electron chi connectivity index (χ1n) is 11.8. The van der Waals surface area contributed by atoms with Gasteiger partial charge in [0.05, 0.1) is 10.6 Å². The van der Waals surface area contributed by atoms with Gasteiger partial charge >= 0.3 is 11.9 Å². The Morgan fingerprint density at radius 3 is 1.95 bits per heavy atom. The van der Waals surface area contributed by atoms with Gasteiger partial charge in [0.25, 0.3) is 5.91 Å².